The molecule has 0 spiro atoms. The molecule has 0 N–H and O–H groups in total. The molecule has 0 atom stereocenters. The molecule has 0 aromatic heterocycles. The van der Waals surface area contributed by atoms with Crippen molar-refractivity contribution in [1.29, 1.82) is 0 Å². The molecule has 3 rings (SSSR count). The SMILES string of the molecule is CN(C(=O)C1CCCCC1)C1CCC(N2CCCC2)CC1. The second kappa shape index (κ2) is 7.13. The van der Waals surface area contributed by atoms with Crippen molar-refractivity contribution in [3.63, 3.8) is 0 Å². The molecule has 2 aliphatic carbocycles. The summed E-state index contributed by atoms with van der Waals surface area (Å²) in [6.07, 6.45) is 13.9. The highest BCUT2D eigenvalue weighted by atomic mass is 16.2. The molecule has 1 aliphatic heterocycles. The molecular weight excluding hydrogens is 260 g/mol. The van der Waals surface area contributed by atoms with Crippen LogP contribution in [0.5, 0.6) is 0 Å². The van der Waals surface area contributed by atoms with Crippen LogP contribution in [0.3, 0.4) is 0 Å². The summed E-state index contributed by atoms with van der Waals surface area (Å²) in [5.74, 6) is 0.777. The fourth-order valence-corrected chi connectivity index (χ4v) is 4.73. The average Bonchev–Trinajstić information content (AvgIpc) is 3.09. The predicted octanol–water partition coefficient (Wildman–Crippen LogP) is 3.43. The van der Waals surface area contributed by atoms with Crippen LogP contribution in [0.15, 0.2) is 0 Å². The van der Waals surface area contributed by atoms with Crippen LogP contribution in [0.2, 0.25) is 0 Å². The maximum atomic E-state index is 12.7. The molecule has 1 amide bonds. The van der Waals surface area contributed by atoms with Crippen LogP contribution >= 0.6 is 0 Å². The molecule has 3 nitrogen and oxygen atoms in total. The van der Waals surface area contributed by atoms with E-state index in [1.54, 1.807) is 0 Å². The zero-order chi connectivity index (χ0) is 14.7. The minimum Gasteiger partial charge on any atom is -0.343 e. The van der Waals surface area contributed by atoms with E-state index in [1.807, 2.05) is 0 Å². The average molecular weight is 292 g/mol. The van der Waals surface area contributed by atoms with Gasteiger partial charge in [0.25, 0.3) is 0 Å². The molecule has 3 aliphatic rings. The second-order valence-corrected chi connectivity index (χ2v) is 7.49. The molecule has 2 saturated carbocycles. The maximum absolute atomic E-state index is 12.7. The van der Waals surface area contributed by atoms with Gasteiger partial charge in [0.2, 0.25) is 5.91 Å². The summed E-state index contributed by atoms with van der Waals surface area (Å²) in [6, 6.07) is 1.32. The number of hydrogen-bond acceptors (Lipinski definition) is 2. The van der Waals surface area contributed by atoms with Crippen molar-refractivity contribution in [2.24, 2.45) is 5.92 Å². The minimum absolute atomic E-state index is 0.333. The quantitative estimate of drug-likeness (QED) is 0.795. The lowest BCUT2D eigenvalue weighted by molar-refractivity contribution is -0.138. The maximum Gasteiger partial charge on any atom is 0.225 e. The standard InChI is InChI=1S/C18H32N2O/c1-19(18(21)15-7-3-2-4-8-15)16-9-11-17(12-10-16)20-13-5-6-14-20/h15-17H,2-14H2,1H3. The lowest BCUT2D eigenvalue weighted by Gasteiger charge is -2.39. The topological polar surface area (TPSA) is 23.6 Å². The van der Waals surface area contributed by atoms with Gasteiger partial charge < -0.3 is 9.80 Å². The van der Waals surface area contributed by atoms with Crippen LogP contribution in [0, 0.1) is 5.92 Å². The van der Waals surface area contributed by atoms with Crippen molar-refractivity contribution in [1.82, 2.24) is 9.80 Å². The van der Waals surface area contributed by atoms with E-state index in [2.05, 4.69) is 16.8 Å². The van der Waals surface area contributed by atoms with Gasteiger partial charge in [0.15, 0.2) is 0 Å². The van der Waals surface area contributed by atoms with Gasteiger partial charge in [0, 0.05) is 25.0 Å². The summed E-state index contributed by atoms with van der Waals surface area (Å²) < 4.78 is 0. The fourth-order valence-electron chi connectivity index (χ4n) is 4.73. The third kappa shape index (κ3) is 3.61. The zero-order valence-corrected chi connectivity index (χ0v) is 13.7. The summed E-state index contributed by atoms with van der Waals surface area (Å²) >= 11 is 0. The molecule has 1 heterocycles. The summed E-state index contributed by atoms with van der Waals surface area (Å²) in [5, 5.41) is 0. The van der Waals surface area contributed by atoms with Crippen LogP contribution in [0.4, 0.5) is 0 Å². The predicted molar refractivity (Wildman–Crippen MR) is 86.2 cm³/mol. The van der Waals surface area contributed by atoms with Crippen molar-refractivity contribution < 1.29 is 4.79 Å². The Labute approximate surface area is 130 Å². The molecule has 0 bridgehead atoms. The first-order valence-electron chi connectivity index (χ1n) is 9.26. The van der Waals surface area contributed by atoms with Crippen LogP contribution in [-0.2, 0) is 4.79 Å². The van der Waals surface area contributed by atoms with E-state index in [9.17, 15) is 4.79 Å². The van der Waals surface area contributed by atoms with Gasteiger partial charge in [-0.15, -0.1) is 0 Å². The third-order valence-corrected chi connectivity index (χ3v) is 6.17. The van der Waals surface area contributed by atoms with Crippen LogP contribution in [0.1, 0.15) is 70.6 Å². The normalized spacial score (nSPS) is 32.2. The molecule has 3 fully saturated rings. The van der Waals surface area contributed by atoms with Crippen molar-refractivity contribution in [3.8, 4) is 0 Å². The van der Waals surface area contributed by atoms with E-state index in [1.165, 1.54) is 70.9 Å². The molecule has 1 saturated heterocycles. The van der Waals surface area contributed by atoms with E-state index in [4.69, 9.17) is 0 Å². The highest BCUT2D eigenvalue weighted by molar-refractivity contribution is 5.79. The number of nitrogens with zero attached hydrogens (tertiary/aromatic N) is 2. The highest BCUT2D eigenvalue weighted by Gasteiger charge is 2.32. The first-order valence-corrected chi connectivity index (χ1v) is 9.26. The van der Waals surface area contributed by atoms with E-state index >= 15 is 0 Å². The Morgan fingerprint density at radius 3 is 2.10 bits per heavy atom. The van der Waals surface area contributed by atoms with Gasteiger partial charge in [-0.2, -0.15) is 0 Å². The van der Waals surface area contributed by atoms with Crippen LogP contribution in [0.25, 0.3) is 0 Å². The second-order valence-electron chi connectivity index (χ2n) is 7.49. The van der Waals surface area contributed by atoms with Gasteiger partial charge in [0.05, 0.1) is 0 Å². The fraction of sp³-hybridized carbons (Fsp3) is 0.944. The van der Waals surface area contributed by atoms with Crippen molar-refractivity contribution in [2.45, 2.75) is 82.7 Å². The van der Waals surface area contributed by atoms with E-state index in [0.29, 0.717) is 17.9 Å². The lowest BCUT2D eigenvalue weighted by Crippen LogP contribution is -2.46. The van der Waals surface area contributed by atoms with Crippen LogP contribution in [-0.4, -0.2) is 47.9 Å². The lowest BCUT2D eigenvalue weighted by atomic mass is 9.86. The number of hydrogen-bond donors (Lipinski definition) is 0. The number of carbonyl (C=O) groups excluding carboxylic acids is 1. The van der Waals surface area contributed by atoms with Gasteiger partial charge in [-0.3, -0.25) is 4.79 Å². The largest absolute Gasteiger partial charge is 0.343 e. The first kappa shape index (κ1) is 15.3. The Bertz CT molecular complexity index is 337. The van der Waals surface area contributed by atoms with Gasteiger partial charge >= 0.3 is 0 Å². The van der Waals surface area contributed by atoms with E-state index in [0.717, 1.165) is 18.9 Å². The van der Waals surface area contributed by atoms with Crippen molar-refractivity contribution in [3.05, 3.63) is 0 Å². The minimum atomic E-state index is 0.333. The van der Waals surface area contributed by atoms with E-state index in [-0.39, 0.29) is 0 Å². The third-order valence-electron chi connectivity index (χ3n) is 6.17. The molecule has 21 heavy (non-hydrogen) atoms. The Hall–Kier alpha value is -0.570. The Morgan fingerprint density at radius 1 is 0.857 bits per heavy atom. The summed E-state index contributed by atoms with van der Waals surface area (Å²) in [4.78, 5) is 17.5. The number of carbonyl (C=O) groups is 1. The van der Waals surface area contributed by atoms with Crippen LogP contribution < -0.4 is 0 Å². The van der Waals surface area contributed by atoms with Gasteiger partial charge in [-0.1, -0.05) is 19.3 Å². The number of rotatable bonds is 3. The molecule has 0 aromatic rings. The summed E-state index contributed by atoms with van der Waals surface area (Å²) in [5.41, 5.74) is 0. The van der Waals surface area contributed by atoms with E-state index < -0.39 is 0 Å². The summed E-state index contributed by atoms with van der Waals surface area (Å²) in [6.45, 7) is 2.62. The zero-order valence-electron chi connectivity index (χ0n) is 13.7. The van der Waals surface area contributed by atoms with Gasteiger partial charge in [-0.05, 0) is 64.5 Å². The molecule has 0 radical (unpaired) electrons. The summed E-state index contributed by atoms with van der Waals surface area (Å²) in [7, 11) is 2.07. The molecular formula is C18H32N2O. The molecule has 120 valence electrons. The highest BCUT2D eigenvalue weighted by Crippen LogP contribution is 2.31. The van der Waals surface area contributed by atoms with Gasteiger partial charge in [-0.25, -0.2) is 0 Å². The molecule has 3 heteroatoms. The Kier molecular flexibility index (Phi) is 5.20. The Morgan fingerprint density at radius 2 is 1.48 bits per heavy atom. The Balaban J connectivity index is 1.47. The first-order chi connectivity index (χ1) is 10.3. The van der Waals surface area contributed by atoms with Crippen molar-refractivity contribution in [2.75, 3.05) is 20.1 Å². The smallest absolute Gasteiger partial charge is 0.225 e. The van der Waals surface area contributed by atoms with Crippen molar-refractivity contribution >= 4 is 5.91 Å². The monoisotopic (exact) mass is 292 g/mol. The number of likely N-dealkylation sites (tertiary alicyclic amines) is 1. The molecule has 0 unspecified atom stereocenters. The van der Waals surface area contributed by atoms with Gasteiger partial charge in [0.1, 0.15) is 0 Å². The number of amides is 1. The molecule has 0 aromatic carbocycles.